The van der Waals surface area contributed by atoms with Gasteiger partial charge in [-0.25, -0.2) is 0 Å². The summed E-state index contributed by atoms with van der Waals surface area (Å²) in [5, 5.41) is 2.78. The Balaban J connectivity index is 2.06. The van der Waals surface area contributed by atoms with Gasteiger partial charge in [-0.15, -0.1) is 0 Å². The van der Waals surface area contributed by atoms with Gasteiger partial charge >= 0.3 is 0 Å². The fourth-order valence-electron chi connectivity index (χ4n) is 2.59. The molecule has 0 N–H and O–H groups in total. The standard InChI is InChI=1S/C18H11ClO/c19-15-7-4-8-17-18(15)14-11-13(9-10-16(14)20-17)12-5-2-1-3-6-12/h1-11H. The highest BCUT2D eigenvalue weighted by Crippen LogP contribution is 2.35. The maximum absolute atomic E-state index is 6.32. The van der Waals surface area contributed by atoms with E-state index in [0.29, 0.717) is 0 Å². The average Bonchev–Trinajstić information content (AvgIpc) is 2.87. The molecule has 0 bridgehead atoms. The molecule has 0 atom stereocenters. The van der Waals surface area contributed by atoms with Crippen molar-refractivity contribution < 1.29 is 4.42 Å². The summed E-state index contributed by atoms with van der Waals surface area (Å²) >= 11 is 6.32. The Morgan fingerprint density at radius 1 is 0.700 bits per heavy atom. The Morgan fingerprint density at radius 2 is 1.55 bits per heavy atom. The zero-order chi connectivity index (χ0) is 13.5. The van der Waals surface area contributed by atoms with Crippen molar-refractivity contribution in [1.29, 1.82) is 0 Å². The molecule has 1 heterocycles. The largest absolute Gasteiger partial charge is 0.456 e. The summed E-state index contributed by atoms with van der Waals surface area (Å²) in [4.78, 5) is 0. The van der Waals surface area contributed by atoms with Crippen molar-refractivity contribution in [2.75, 3.05) is 0 Å². The molecule has 0 aliphatic rings. The molecule has 0 saturated carbocycles. The van der Waals surface area contributed by atoms with Crippen molar-refractivity contribution in [3.63, 3.8) is 0 Å². The monoisotopic (exact) mass is 278 g/mol. The van der Waals surface area contributed by atoms with Crippen molar-refractivity contribution in [3.8, 4) is 11.1 Å². The quantitative estimate of drug-likeness (QED) is 0.422. The Hall–Kier alpha value is -2.25. The lowest BCUT2D eigenvalue weighted by atomic mass is 10.0. The van der Waals surface area contributed by atoms with Gasteiger partial charge in [-0.3, -0.25) is 0 Å². The fraction of sp³-hybridized carbons (Fsp3) is 0. The van der Waals surface area contributed by atoms with Gasteiger partial charge in [0.15, 0.2) is 0 Å². The number of rotatable bonds is 1. The maximum Gasteiger partial charge on any atom is 0.136 e. The summed E-state index contributed by atoms with van der Waals surface area (Å²) in [5.74, 6) is 0. The summed E-state index contributed by atoms with van der Waals surface area (Å²) < 4.78 is 5.84. The van der Waals surface area contributed by atoms with Gasteiger partial charge < -0.3 is 4.42 Å². The molecule has 0 fully saturated rings. The van der Waals surface area contributed by atoms with Crippen LogP contribution in [0.15, 0.2) is 71.1 Å². The minimum Gasteiger partial charge on any atom is -0.456 e. The van der Waals surface area contributed by atoms with Crippen LogP contribution in [0.25, 0.3) is 33.1 Å². The number of fused-ring (bicyclic) bond motifs is 3. The van der Waals surface area contributed by atoms with Crippen LogP contribution in [0.5, 0.6) is 0 Å². The second-order valence-electron chi connectivity index (χ2n) is 4.79. The minimum absolute atomic E-state index is 0.728. The first-order valence-corrected chi connectivity index (χ1v) is 6.87. The lowest BCUT2D eigenvalue weighted by Gasteiger charge is -2.01. The first-order valence-electron chi connectivity index (χ1n) is 6.49. The third-order valence-corrected chi connectivity index (χ3v) is 3.87. The number of benzene rings is 3. The van der Waals surface area contributed by atoms with Crippen molar-refractivity contribution in [1.82, 2.24) is 0 Å². The van der Waals surface area contributed by atoms with E-state index in [1.54, 1.807) is 0 Å². The molecule has 0 unspecified atom stereocenters. The normalized spacial score (nSPS) is 11.2. The van der Waals surface area contributed by atoms with E-state index in [9.17, 15) is 0 Å². The van der Waals surface area contributed by atoms with Crippen LogP contribution in [0.2, 0.25) is 5.02 Å². The lowest BCUT2D eigenvalue weighted by molar-refractivity contribution is 0.669. The van der Waals surface area contributed by atoms with Gasteiger partial charge in [0.2, 0.25) is 0 Å². The third-order valence-electron chi connectivity index (χ3n) is 3.55. The van der Waals surface area contributed by atoms with E-state index in [2.05, 4.69) is 24.3 Å². The first kappa shape index (κ1) is 11.6. The zero-order valence-electron chi connectivity index (χ0n) is 10.6. The van der Waals surface area contributed by atoms with Gasteiger partial charge in [-0.2, -0.15) is 0 Å². The molecule has 4 rings (SSSR count). The second kappa shape index (κ2) is 4.39. The van der Waals surface area contributed by atoms with E-state index in [4.69, 9.17) is 16.0 Å². The second-order valence-corrected chi connectivity index (χ2v) is 5.20. The first-order chi connectivity index (χ1) is 9.83. The summed E-state index contributed by atoms with van der Waals surface area (Å²) in [6, 6.07) is 22.3. The minimum atomic E-state index is 0.728. The van der Waals surface area contributed by atoms with Crippen LogP contribution in [-0.4, -0.2) is 0 Å². The van der Waals surface area contributed by atoms with Gasteiger partial charge in [-0.05, 0) is 35.4 Å². The molecule has 0 amide bonds. The van der Waals surface area contributed by atoms with Crippen molar-refractivity contribution in [2.24, 2.45) is 0 Å². The maximum atomic E-state index is 6.32. The lowest BCUT2D eigenvalue weighted by Crippen LogP contribution is -1.76. The van der Waals surface area contributed by atoms with Gasteiger partial charge in [0, 0.05) is 10.8 Å². The Kier molecular flexibility index (Phi) is 2.54. The highest BCUT2D eigenvalue weighted by molar-refractivity contribution is 6.37. The van der Waals surface area contributed by atoms with E-state index in [0.717, 1.165) is 27.0 Å². The smallest absolute Gasteiger partial charge is 0.136 e. The SMILES string of the molecule is Clc1cccc2oc3ccc(-c4ccccc4)cc3c12. The molecule has 0 aliphatic carbocycles. The molecule has 4 aromatic rings. The van der Waals surface area contributed by atoms with Crippen LogP contribution in [0.4, 0.5) is 0 Å². The molecule has 3 aromatic carbocycles. The molecule has 96 valence electrons. The average molecular weight is 279 g/mol. The van der Waals surface area contributed by atoms with Crippen LogP contribution in [0.3, 0.4) is 0 Å². The van der Waals surface area contributed by atoms with Crippen molar-refractivity contribution in [2.45, 2.75) is 0 Å². The van der Waals surface area contributed by atoms with Gasteiger partial charge in [0.05, 0.1) is 5.02 Å². The summed E-state index contributed by atoms with van der Waals surface area (Å²) in [6.45, 7) is 0. The molecular weight excluding hydrogens is 268 g/mol. The third kappa shape index (κ3) is 1.71. The van der Waals surface area contributed by atoms with E-state index >= 15 is 0 Å². The van der Waals surface area contributed by atoms with Crippen molar-refractivity contribution in [3.05, 3.63) is 71.8 Å². The topological polar surface area (TPSA) is 13.1 Å². The molecule has 0 radical (unpaired) electrons. The van der Waals surface area contributed by atoms with Gasteiger partial charge in [0.1, 0.15) is 11.2 Å². The summed E-state index contributed by atoms with van der Waals surface area (Å²) in [5.41, 5.74) is 4.06. The van der Waals surface area contributed by atoms with Gasteiger partial charge in [0.25, 0.3) is 0 Å². The predicted molar refractivity (Wildman–Crippen MR) is 84.2 cm³/mol. The summed E-state index contributed by atoms with van der Waals surface area (Å²) in [6.07, 6.45) is 0. The number of halogens is 1. The number of furan rings is 1. The molecule has 0 aliphatic heterocycles. The molecule has 1 aromatic heterocycles. The molecular formula is C18H11ClO. The fourth-order valence-corrected chi connectivity index (χ4v) is 2.86. The molecule has 0 spiro atoms. The number of hydrogen-bond acceptors (Lipinski definition) is 1. The Bertz CT molecular complexity index is 907. The Labute approximate surface area is 121 Å². The molecule has 1 nitrogen and oxygen atoms in total. The van der Waals surface area contributed by atoms with E-state index in [1.807, 2.05) is 42.5 Å². The highest BCUT2D eigenvalue weighted by Gasteiger charge is 2.10. The van der Waals surface area contributed by atoms with Crippen LogP contribution < -0.4 is 0 Å². The zero-order valence-corrected chi connectivity index (χ0v) is 11.4. The molecule has 20 heavy (non-hydrogen) atoms. The highest BCUT2D eigenvalue weighted by atomic mass is 35.5. The van der Waals surface area contributed by atoms with Crippen LogP contribution in [0.1, 0.15) is 0 Å². The number of hydrogen-bond donors (Lipinski definition) is 0. The van der Waals surface area contributed by atoms with Crippen molar-refractivity contribution >= 4 is 33.5 Å². The van der Waals surface area contributed by atoms with E-state index in [1.165, 1.54) is 11.1 Å². The van der Waals surface area contributed by atoms with E-state index in [-0.39, 0.29) is 0 Å². The predicted octanol–water partition coefficient (Wildman–Crippen LogP) is 5.91. The van der Waals surface area contributed by atoms with Crippen LogP contribution in [0, 0.1) is 0 Å². The van der Waals surface area contributed by atoms with Gasteiger partial charge in [-0.1, -0.05) is 54.1 Å². The molecule has 0 saturated heterocycles. The van der Waals surface area contributed by atoms with Crippen LogP contribution in [-0.2, 0) is 0 Å². The van der Waals surface area contributed by atoms with Crippen LogP contribution >= 0.6 is 11.6 Å². The summed E-state index contributed by atoms with van der Waals surface area (Å²) in [7, 11) is 0. The Morgan fingerprint density at radius 3 is 2.40 bits per heavy atom. The molecule has 2 heteroatoms. The van der Waals surface area contributed by atoms with E-state index < -0.39 is 0 Å².